The number of hydrogen-bond donors (Lipinski definition) is 1. The molecule has 1 amide bonds. The molecule has 0 spiro atoms. The van der Waals surface area contributed by atoms with Crippen molar-refractivity contribution in [2.75, 3.05) is 17.1 Å². The van der Waals surface area contributed by atoms with Gasteiger partial charge in [0.15, 0.2) is 0 Å². The minimum atomic E-state index is -3.54. The molecule has 0 radical (unpaired) electrons. The van der Waals surface area contributed by atoms with Crippen molar-refractivity contribution < 1.29 is 13.2 Å². The van der Waals surface area contributed by atoms with Gasteiger partial charge in [-0.1, -0.05) is 24.9 Å². The summed E-state index contributed by atoms with van der Waals surface area (Å²) in [6.45, 7) is 3.68. The summed E-state index contributed by atoms with van der Waals surface area (Å²) in [5.41, 5.74) is 0.417. The van der Waals surface area contributed by atoms with Gasteiger partial charge in [-0.25, -0.2) is 8.42 Å². The molecule has 1 aromatic rings. The normalized spacial score (nSPS) is 12.8. The summed E-state index contributed by atoms with van der Waals surface area (Å²) in [4.78, 5) is 12.0. The van der Waals surface area contributed by atoms with E-state index in [4.69, 9.17) is 11.6 Å². The molecule has 0 bridgehead atoms. The van der Waals surface area contributed by atoms with Gasteiger partial charge in [0, 0.05) is 11.1 Å². The standard InChI is InChI=1S/C14H21ClN2O3S/c1-4-5-11(2)16-14(18)10-17(21(3,19)20)13-8-6-12(15)7-9-13/h6-9,11H,4-5,10H2,1-3H3,(H,16,18)/t11-/m0/s1. The molecule has 0 aliphatic heterocycles. The molecule has 1 aromatic carbocycles. The average molecular weight is 333 g/mol. The van der Waals surface area contributed by atoms with Crippen LogP contribution >= 0.6 is 11.6 Å². The molecule has 0 aliphatic rings. The van der Waals surface area contributed by atoms with Crippen LogP contribution in [0.5, 0.6) is 0 Å². The first-order valence-corrected chi connectivity index (χ1v) is 8.99. The second-order valence-electron chi connectivity index (χ2n) is 5.00. The fourth-order valence-corrected chi connectivity index (χ4v) is 2.95. The first kappa shape index (κ1) is 17.8. The number of carbonyl (C=O) groups is 1. The fourth-order valence-electron chi connectivity index (χ4n) is 1.96. The highest BCUT2D eigenvalue weighted by Gasteiger charge is 2.21. The molecule has 0 saturated carbocycles. The molecule has 21 heavy (non-hydrogen) atoms. The Morgan fingerprint density at radius 1 is 1.33 bits per heavy atom. The first-order valence-electron chi connectivity index (χ1n) is 6.76. The molecule has 118 valence electrons. The van der Waals surface area contributed by atoms with Gasteiger partial charge in [0.05, 0.1) is 11.9 Å². The SMILES string of the molecule is CCC[C@H](C)NC(=O)CN(c1ccc(Cl)cc1)S(C)(=O)=O. The maximum Gasteiger partial charge on any atom is 0.240 e. The van der Waals surface area contributed by atoms with Crippen molar-refractivity contribution in [1.29, 1.82) is 0 Å². The molecule has 7 heteroatoms. The summed E-state index contributed by atoms with van der Waals surface area (Å²) in [5, 5.41) is 3.30. The number of amides is 1. The number of nitrogens with one attached hydrogen (secondary N) is 1. The number of benzene rings is 1. The molecule has 0 saturated heterocycles. The van der Waals surface area contributed by atoms with Crippen molar-refractivity contribution in [3.63, 3.8) is 0 Å². The van der Waals surface area contributed by atoms with Crippen molar-refractivity contribution in [2.24, 2.45) is 0 Å². The second-order valence-corrected chi connectivity index (χ2v) is 7.35. The van der Waals surface area contributed by atoms with Crippen LogP contribution in [0.15, 0.2) is 24.3 Å². The minimum absolute atomic E-state index is 0.0223. The third-order valence-electron chi connectivity index (χ3n) is 2.93. The maximum atomic E-state index is 12.0. The Balaban J connectivity index is 2.86. The average Bonchev–Trinajstić information content (AvgIpc) is 2.36. The van der Waals surface area contributed by atoms with E-state index in [-0.39, 0.29) is 18.5 Å². The number of anilines is 1. The Morgan fingerprint density at radius 2 is 1.90 bits per heavy atom. The number of hydrogen-bond acceptors (Lipinski definition) is 3. The number of sulfonamides is 1. The summed E-state index contributed by atoms with van der Waals surface area (Å²) < 4.78 is 24.8. The van der Waals surface area contributed by atoms with Gasteiger partial charge in [0.1, 0.15) is 6.54 Å². The lowest BCUT2D eigenvalue weighted by Crippen LogP contribution is -2.43. The number of nitrogens with zero attached hydrogens (tertiary/aromatic N) is 1. The Morgan fingerprint density at radius 3 is 2.38 bits per heavy atom. The van der Waals surface area contributed by atoms with Crippen molar-refractivity contribution in [3.05, 3.63) is 29.3 Å². The molecular weight excluding hydrogens is 312 g/mol. The monoisotopic (exact) mass is 332 g/mol. The van der Waals surface area contributed by atoms with E-state index in [1.807, 2.05) is 13.8 Å². The van der Waals surface area contributed by atoms with Gasteiger partial charge >= 0.3 is 0 Å². The largest absolute Gasteiger partial charge is 0.352 e. The van der Waals surface area contributed by atoms with Gasteiger partial charge in [-0.05, 0) is 37.6 Å². The molecule has 1 N–H and O–H groups in total. The zero-order valence-corrected chi connectivity index (χ0v) is 14.0. The molecule has 0 aromatic heterocycles. The van der Waals surface area contributed by atoms with Crippen LogP contribution in [0.25, 0.3) is 0 Å². The van der Waals surface area contributed by atoms with Crippen LogP contribution in [0, 0.1) is 0 Å². The molecule has 5 nitrogen and oxygen atoms in total. The van der Waals surface area contributed by atoms with Crippen LogP contribution in [-0.4, -0.2) is 33.2 Å². The molecule has 1 rings (SSSR count). The van der Waals surface area contributed by atoms with Gasteiger partial charge in [0.25, 0.3) is 0 Å². The first-order chi connectivity index (χ1) is 9.74. The number of carbonyl (C=O) groups excluding carboxylic acids is 1. The van der Waals surface area contributed by atoms with Gasteiger partial charge in [-0.3, -0.25) is 9.10 Å². The van der Waals surface area contributed by atoms with E-state index in [1.165, 1.54) is 0 Å². The third kappa shape index (κ3) is 5.93. The van der Waals surface area contributed by atoms with E-state index in [0.29, 0.717) is 10.7 Å². The van der Waals surface area contributed by atoms with Crippen molar-refractivity contribution in [2.45, 2.75) is 32.7 Å². The second kappa shape index (κ2) is 7.66. The summed E-state index contributed by atoms with van der Waals surface area (Å²) in [7, 11) is -3.54. The molecule has 0 heterocycles. The predicted octanol–water partition coefficient (Wildman–Crippen LogP) is 2.41. The van der Waals surface area contributed by atoms with Gasteiger partial charge in [-0.15, -0.1) is 0 Å². The lowest BCUT2D eigenvalue weighted by molar-refractivity contribution is -0.120. The van der Waals surface area contributed by atoms with E-state index >= 15 is 0 Å². The highest BCUT2D eigenvalue weighted by Crippen LogP contribution is 2.20. The zero-order valence-electron chi connectivity index (χ0n) is 12.5. The summed E-state index contributed by atoms with van der Waals surface area (Å²) in [5.74, 6) is -0.323. The molecule has 0 fully saturated rings. The Bertz CT molecular complexity index is 572. The van der Waals surface area contributed by atoms with Crippen LogP contribution in [0.3, 0.4) is 0 Å². The van der Waals surface area contributed by atoms with Crippen LogP contribution < -0.4 is 9.62 Å². The minimum Gasteiger partial charge on any atom is -0.352 e. The zero-order chi connectivity index (χ0) is 16.0. The van der Waals surface area contributed by atoms with Gasteiger partial charge in [0.2, 0.25) is 15.9 Å². The van der Waals surface area contributed by atoms with Gasteiger partial charge < -0.3 is 5.32 Å². The van der Waals surface area contributed by atoms with E-state index < -0.39 is 10.0 Å². The van der Waals surface area contributed by atoms with E-state index in [1.54, 1.807) is 24.3 Å². The smallest absolute Gasteiger partial charge is 0.240 e. The molecule has 0 aliphatic carbocycles. The van der Waals surface area contributed by atoms with E-state index in [2.05, 4.69) is 5.32 Å². The van der Waals surface area contributed by atoms with Crippen molar-refractivity contribution >= 4 is 33.2 Å². The van der Waals surface area contributed by atoms with E-state index in [9.17, 15) is 13.2 Å². The fraction of sp³-hybridized carbons (Fsp3) is 0.500. The maximum absolute atomic E-state index is 12.0. The summed E-state index contributed by atoms with van der Waals surface area (Å²) >= 11 is 5.79. The summed E-state index contributed by atoms with van der Waals surface area (Å²) in [6.07, 6.45) is 2.88. The van der Waals surface area contributed by atoms with Crippen LogP contribution in [0.4, 0.5) is 5.69 Å². The summed E-state index contributed by atoms with van der Waals surface area (Å²) in [6, 6.07) is 6.35. The lowest BCUT2D eigenvalue weighted by Gasteiger charge is -2.23. The Labute approximate surface area is 131 Å². The number of halogens is 1. The Hall–Kier alpha value is -1.27. The van der Waals surface area contributed by atoms with Crippen LogP contribution in [0.1, 0.15) is 26.7 Å². The molecule has 1 atom stereocenters. The van der Waals surface area contributed by atoms with Crippen LogP contribution in [-0.2, 0) is 14.8 Å². The number of rotatable bonds is 7. The van der Waals surface area contributed by atoms with Gasteiger partial charge in [-0.2, -0.15) is 0 Å². The van der Waals surface area contributed by atoms with E-state index in [0.717, 1.165) is 23.4 Å². The third-order valence-corrected chi connectivity index (χ3v) is 4.32. The van der Waals surface area contributed by atoms with Crippen molar-refractivity contribution in [3.8, 4) is 0 Å². The van der Waals surface area contributed by atoms with Crippen molar-refractivity contribution in [1.82, 2.24) is 5.32 Å². The highest BCUT2D eigenvalue weighted by molar-refractivity contribution is 7.92. The topological polar surface area (TPSA) is 66.5 Å². The molecule has 0 unspecified atom stereocenters. The lowest BCUT2D eigenvalue weighted by atomic mass is 10.2. The highest BCUT2D eigenvalue weighted by atomic mass is 35.5. The quantitative estimate of drug-likeness (QED) is 0.833. The molecular formula is C14H21ClN2O3S. The Kier molecular flexibility index (Phi) is 6.48. The van der Waals surface area contributed by atoms with Crippen LogP contribution in [0.2, 0.25) is 5.02 Å². The predicted molar refractivity (Wildman–Crippen MR) is 86.2 cm³/mol.